The number of sulfonamides is 1. The van der Waals surface area contributed by atoms with Gasteiger partial charge in [0, 0.05) is 24.0 Å². The van der Waals surface area contributed by atoms with E-state index in [1.807, 2.05) is 67.6 Å². The summed E-state index contributed by atoms with van der Waals surface area (Å²) in [5, 5.41) is 2.84. The normalized spacial score (nSPS) is 12.0. The fourth-order valence-corrected chi connectivity index (χ4v) is 5.10. The summed E-state index contributed by atoms with van der Waals surface area (Å²) in [5.41, 5.74) is 2.09. The molecule has 0 heterocycles. The zero-order valence-corrected chi connectivity index (χ0v) is 22.7. The van der Waals surface area contributed by atoms with Gasteiger partial charge in [-0.2, -0.15) is 0 Å². The topological polar surface area (TPSA) is 86.8 Å². The number of halogens is 1. The van der Waals surface area contributed by atoms with Gasteiger partial charge in [-0.1, -0.05) is 82.7 Å². The van der Waals surface area contributed by atoms with Crippen molar-refractivity contribution in [3.05, 3.63) is 101 Å². The first-order valence-electron chi connectivity index (χ1n) is 11.6. The van der Waals surface area contributed by atoms with Crippen LogP contribution in [0, 0.1) is 0 Å². The number of carbonyl (C=O) groups is 2. The number of nitrogens with zero attached hydrogens (tertiary/aromatic N) is 2. The van der Waals surface area contributed by atoms with Gasteiger partial charge in [0.1, 0.15) is 12.6 Å². The predicted octanol–water partition coefficient (Wildman–Crippen LogP) is 3.99. The first kappa shape index (κ1) is 27.4. The quantitative estimate of drug-likeness (QED) is 0.377. The van der Waals surface area contributed by atoms with Crippen molar-refractivity contribution in [1.29, 1.82) is 0 Å². The minimum Gasteiger partial charge on any atom is -0.355 e. The molecular formula is C27H30BrN3O4S. The van der Waals surface area contributed by atoms with E-state index in [4.69, 9.17) is 0 Å². The molecule has 7 nitrogen and oxygen atoms in total. The molecule has 0 spiro atoms. The number of likely N-dealkylation sites (N-methyl/N-ethyl adjacent to an activating group) is 1. The molecule has 1 atom stereocenters. The van der Waals surface area contributed by atoms with Crippen LogP contribution < -0.4 is 9.62 Å². The molecule has 0 aromatic heterocycles. The third-order valence-corrected chi connectivity index (χ3v) is 7.23. The van der Waals surface area contributed by atoms with E-state index in [1.165, 1.54) is 4.90 Å². The molecule has 3 aromatic carbocycles. The maximum absolute atomic E-state index is 13.8. The van der Waals surface area contributed by atoms with Gasteiger partial charge in [0.05, 0.1) is 11.9 Å². The van der Waals surface area contributed by atoms with Gasteiger partial charge in [0.2, 0.25) is 21.8 Å². The molecular weight excluding hydrogens is 542 g/mol. The van der Waals surface area contributed by atoms with Crippen LogP contribution in [0.25, 0.3) is 0 Å². The number of nitrogens with one attached hydrogen (secondary N) is 1. The van der Waals surface area contributed by atoms with E-state index >= 15 is 0 Å². The summed E-state index contributed by atoms with van der Waals surface area (Å²) < 4.78 is 27.2. The Morgan fingerprint density at radius 1 is 0.917 bits per heavy atom. The van der Waals surface area contributed by atoms with Gasteiger partial charge in [-0.05, 0) is 36.2 Å². The molecule has 0 saturated carbocycles. The Hall–Kier alpha value is -3.17. The highest BCUT2D eigenvalue weighted by molar-refractivity contribution is 9.10. The Bertz CT molecular complexity index is 1270. The summed E-state index contributed by atoms with van der Waals surface area (Å²) in [6, 6.07) is 24.7. The Morgan fingerprint density at radius 3 is 2.08 bits per heavy atom. The number of anilines is 1. The molecule has 0 radical (unpaired) electrons. The number of amides is 2. The van der Waals surface area contributed by atoms with Crippen molar-refractivity contribution in [3.8, 4) is 0 Å². The summed E-state index contributed by atoms with van der Waals surface area (Å²) in [4.78, 5) is 28.5. The van der Waals surface area contributed by atoms with Gasteiger partial charge in [0.15, 0.2) is 0 Å². The van der Waals surface area contributed by atoms with E-state index < -0.39 is 28.5 Å². The van der Waals surface area contributed by atoms with Gasteiger partial charge in [-0.3, -0.25) is 13.9 Å². The highest BCUT2D eigenvalue weighted by Gasteiger charge is 2.32. The van der Waals surface area contributed by atoms with Crippen LogP contribution in [0.1, 0.15) is 18.1 Å². The molecule has 0 fully saturated rings. The van der Waals surface area contributed by atoms with Crippen LogP contribution in [0.3, 0.4) is 0 Å². The highest BCUT2D eigenvalue weighted by Crippen LogP contribution is 2.23. The second kappa shape index (κ2) is 12.7. The molecule has 3 aromatic rings. The fraction of sp³-hybridized carbons (Fsp3) is 0.259. The van der Waals surface area contributed by atoms with Crippen molar-refractivity contribution in [1.82, 2.24) is 10.2 Å². The molecule has 0 saturated heterocycles. The lowest BCUT2D eigenvalue weighted by atomic mass is 10.0. The monoisotopic (exact) mass is 571 g/mol. The van der Waals surface area contributed by atoms with E-state index in [0.29, 0.717) is 23.1 Å². The molecule has 0 bridgehead atoms. The summed E-state index contributed by atoms with van der Waals surface area (Å²) in [5.74, 6) is -0.768. The third-order valence-electron chi connectivity index (χ3n) is 5.59. The van der Waals surface area contributed by atoms with Crippen molar-refractivity contribution >= 4 is 43.5 Å². The van der Waals surface area contributed by atoms with E-state index in [0.717, 1.165) is 21.7 Å². The molecule has 190 valence electrons. The number of hydrogen-bond donors (Lipinski definition) is 1. The SMILES string of the molecule is CCNC(=O)[C@H](Cc1ccccc1)N(Cc1ccccc1)C(=O)CN(c1cccc(Br)c1)S(C)(=O)=O. The maximum Gasteiger partial charge on any atom is 0.244 e. The molecule has 1 N–H and O–H groups in total. The molecule has 0 aliphatic rings. The average molecular weight is 573 g/mol. The molecule has 0 unspecified atom stereocenters. The largest absolute Gasteiger partial charge is 0.355 e. The standard InChI is InChI=1S/C27H30BrN3O4S/c1-3-29-27(33)25(17-21-11-6-4-7-12-21)30(19-22-13-8-5-9-14-22)26(32)20-31(36(2,34)35)24-16-10-15-23(28)18-24/h4-16,18,25H,3,17,19-20H2,1-2H3,(H,29,33)/t25-/m0/s1. The third kappa shape index (κ3) is 7.66. The minimum atomic E-state index is -3.79. The summed E-state index contributed by atoms with van der Waals surface area (Å²) in [7, 11) is -3.79. The van der Waals surface area contributed by atoms with Crippen LogP contribution >= 0.6 is 15.9 Å². The number of benzene rings is 3. The predicted molar refractivity (Wildman–Crippen MR) is 146 cm³/mol. The number of rotatable bonds is 11. The van der Waals surface area contributed by atoms with E-state index in [9.17, 15) is 18.0 Å². The van der Waals surface area contributed by atoms with E-state index in [-0.39, 0.29) is 12.5 Å². The molecule has 0 aliphatic carbocycles. The molecule has 9 heteroatoms. The Morgan fingerprint density at radius 2 is 1.53 bits per heavy atom. The highest BCUT2D eigenvalue weighted by atomic mass is 79.9. The Kier molecular flexibility index (Phi) is 9.66. The zero-order valence-electron chi connectivity index (χ0n) is 20.3. The van der Waals surface area contributed by atoms with Gasteiger partial charge in [0.25, 0.3) is 0 Å². The van der Waals surface area contributed by atoms with E-state index in [1.54, 1.807) is 24.3 Å². The first-order chi connectivity index (χ1) is 17.2. The Labute approximate surface area is 221 Å². The minimum absolute atomic E-state index is 0.157. The van der Waals surface area contributed by atoms with Crippen LogP contribution in [0.15, 0.2) is 89.4 Å². The summed E-state index contributed by atoms with van der Waals surface area (Å²) in [6.45, 7) is 1.95. The van der Waals surface area contributed by atoms with Gasteiger partial charge in [-0.25, -0.2) is 8.42 Å². The van der Waals surface area contributed by atoms with E-state index in [2.05, 4.69) is 21.2 Å². The van der Waals surface area contributed by atoms with Crippen LogP contribution in [0.5, 0.6) is 0 Å². The van der Waals surface area contributed by atoms with Crippen LogP contribution in [0.4, 0.5) is 5.69 Å². The van der Waals surface area contributed by atoms with Crippen LogP contribution in [-0.4, -0.2) is 50.5 Å². The lowest BCUT2D eigenvalue weighted by Gasteiger charge is -2.33. The van der Waals surface area contributed by atoms with Crippen molar-refractivity contribution in [2.75, 3.05) is 23.7 Å². The molecule has 2 amide bonds. The Balaban J connectivity index is 2.01. The maximum atomic E-state index is 13.8. The average Bonchev–Trinajstić information content (AvgIpc) is 2.85. The smallest absolute Gasteiger partial charge is 0.244 e. The zero-order chi connectivity index (χ0) is 26.1. The number of hydrogen-bond acceptors (Lipinski definition) is 4. The van der Waals surface area contributed by atoms with Crippen molar-refractivity contribution in [2.24, 2.45) is 0 Å². The second-order valence-corrected chi connectivity index (χ2v) is 11.2. The summed E-state index contributed by atoms with van der Waals surface area (Å²) in [6.07, 6.45) is 1.36. The van der Waals surface area contributed by atoms with Gasteiger partial charge >= 0.3 is 0 Å². The van der Waals surface area contributed by atoms with Crippen molar-refractivity contribution < 1.29 is 18.0 Å². The first-order valence-corrected chi connectivity index (χ1v) is 14.2. The van der Waals surface area contributed by atoms with Crippen LogP contribution in [-0.2, 0) is 32.6 Å². The summed E-state index contributed by atoms with van der Waals surface area (Å²) >= 11 is 3.36. The second-order valence-electron chi connectivity index (χ2n) is 8.36. The lowest BCUT2D eigenvalue weighted by molar-refractivity contribution is -0.140. The molecule has 36 heavy (non-hydrogen) atoms. The molecule has 0 aliphatic heterocycles. The van der Waals surface area contributed by atoms with Crippen molar-refractivity contribution in [2.45, 2.75) is 25.9 Å². The lowest BCUT2D eigenvalue weighted by Crippen LogP contribution is -2.53. The van der Waals surface area contributed by atoms with Gasteiger partial charge < -0.3 is 10.2 Å². The van der Waals surface area contributed by atoms with Crippen LogP contribution in [0.2, 0.25) is 0 Å². The fourth-order valence-electron chi connectivity index (χ4n) is 3.87. The molecule has 3 rings (SSSR count). The number of carbonyl (C=O) groups excluding carboxylic acids is 2. The van der Waals surface area contributed by atoms with Crippen molar-refractivity contribution in [3.63, 3.8) is 0 Å². The van der Waals surface area contributed by atoms with Gasteiger partial charge in [-0.15, -0.1) is 0 Å².